The second-order valence-electron chi connectivity index (χ2n) is 4.24. The molecule has 0 spiro atoms. The quantitative estimate of drug-likeness (QED) is 0.658. The summed E-state index contributed by atoms with van der Waals surface area (Å²) in [7, 11) is 0. The Morgan fingerprint density at radius 3 is 0.938 bits per heavy atom. The van der Waals surface area contributed by atoms with Gasteiger partial charge in [-0.2, -0.15) is 0 Å². The summed E-state index contributed by atoms with van der Waals surface area (Å²) in [6.45, 7) is 14.8. The van der Waals surface area contributed by atoms with E-state index in [9.17, 15) is 0 Å². The van der Waals surface area contributed by atoms with Gasteiger partial charge in [0.25, 0.3) is 0 Å². The Morgan fingerprint density at radius 2 is 0.812 bits per heavy atom. The molecule has 0 saturated heterocycles. The summed E-state index contributed by atoms with van der Waals surface area (Å²) in [4.78, 5) is 0. The second-order valence-corrected chi connectivity index (χ2v) is 4.24. The van der Waals surface area contributed by atoms with Crippen LogP contribution in [0.2, 0.25) is 0 Å². The van der Waals surface area contributed by atoms with Gasteiger partial charge in [0.05, 0.1) is 26.2 Å². The first kappa shape index (κ1) is 24.9. The van der Waals surface area contributed by atoms with Crippen LogP contribution in [-0.4, -0.2) is 41.6 Å². The molecule has 0 amide bonds. The smallest absolute Gasteiger partial charge is 0.0783 e. The topological polar surface area (TPSA) is 96.5 Å². The third kappa shape index (κ3) is 9.09. The summed E-state index contributed by atoms with van der Waals surface area (Å²) in [6.07, 6.45) is 5.33. The third-order valence-corrected chi connectivity index (χ3v) is 2.79. The van der Waals surface area contributed by atoms with Crippen molar-refractivity contribution in [1.29, 1.82) is 0 Å². The largest absolute Gasteiger partial charge is 0.870 e. The number of hydrogen-bond donors (Lipinski definition) is 1. The van der Waals surface area contributed by atoms with Gasteiger partial charge in [0.1, 0.15) is 0 Å². The minimum absolute atomic E-state index is 0. The van der Waals surface area contributed by atoms with Gasteiger partial charge in [-0.1, -0.05) is 27.7 Å². The van der Waals surface area contributed by atoms with Crippen LogP contribution in [0.15, 0.2) is 0 Å². The first-order chi connectivity index (χ1) is 6.24. The lowest BCUT2D eigenvalue weighted by molar-refractivity contribution is -0.928. The molecule has 0 fully saturated rings. The average Bonchev–Trinajstić information content (AvgIpc) is 2.06. The number of hydrogen-bond acceptors (Lipinski definition) is 2. The molecule has 0 aromatic carbocycles. The van der Waals surface area contributed by atoms with E-state index in [4.69, 9.17) is 0 Å². The third-order valence-electron chi connectivity index (χ3n) is 2.79. The fraction of sp³-hybridized carbons (Fsp3) is 1.00. The molecule has 104 valence electrons. The van der Waals surface area contributed by atoms with E-state index in [0.29, 0.717) is 0 Å². The summed E-state index contributed by atoms with van der Waals surface area (Å²) in [6, 6.07) is 0. The fourth-order valence-corrected chi connectivity index (χ4v) is 2.57. The molecule has 6 N–H and O–H groups in total. The van der Waals surface area contributed by atoms with Crippen molar-refractivity contribution >= 4 is 0 Å². The molecule has 0 aliphatic rings. The molecule has 0 rings (SSSR count). The number of nitrogens with zero attached hydrogens (tertiary/aromatic N) is 1. The van der Waals surface area contributed by atoms with Gasteiger partial charge in [0.2, 0.25) is 0 Å². The molecule has 0 unspecified atom stereocenters. The van der Waals surface area contributed by atoms with Crippen molar-refractivity contribution < 1.29 is 15.4 Å². The Bertz CT molecular complexity index is 92.1. The lowest BCUT2D eigenvalue weighted by Crippen LogP contribution is -2.50. The molecule has 0 aromatic heterocycles. The minimum Gasteiger partial charge on any atom is -0.870 e. The van der Waals surface area contributed by atoms with E-state index in [2.05, 4.69) is 27.7 Å². The zero-order chi connectivity index (χ0) is 10.2. The van der Waals surface area contributed by atoms with Crippen molar-refractivity contribution in [2.45, 2.75) is 53.4 Å². The summed E-state index contributed by atoms with van der Waals surface area (Å²) in [5, 5.41) is 0. The van der Waals surface area contributed by atoms with E-state index in [1.165, 1.54) is 56.3 Å². The Hall–Kier alpha value is -0.160. The predicted molar refractivity (Wildman–Crippen MR) is 71.5 cm³/mol. The van der Waals surface area contributed by atoms with Gasteiger partial charge in [0, 0.05) is 0 Å². The molecule has 4 nitrogen and oxygen atoms in total. The van der Waals surface area contributed by atoms with Gasteiger partial charge in [-0.25, -0.2) is 0 Å². The molecule has 0 saturated carbocycles. The molecule has 0 aliphatic carbocycles. The molecular weight excluding hydrogens is 204 g/mol. The molecule has 16 heavy (non-hydrogen) atoms. The van der Waals surface area contributed by atoms with Crippen molar-refractivity contribution in [3.8, 4) is 0 Å². The maximum absolute atomic E-state index is 2.31. The molecule has 4 heteroatoms. The molecule has 0 atom stereocenters. The van der Waals surface area contributed by atoms with Gasteiger partial charge >= 0.3 is 0 Å². The van der Waals surface area contributed by atoms with Crippen LogP contribution in [0.4, 0.5) is 0 Å². The summed E-state index contributed by atoms with van der Waals surface area (Å²) < 4.78 is 1.38. The number of quaternary nitrogens is 1. The van der Waals surface area contributed by atoms with E-state index in [0.717, 1.165) is 0 Å². The molecular formula is C12H34N2O2. The zero-order valence-electron chi connectivity index (χ0n) is 11.8. The Balaban J connectivity index is -0.000000240. The standard InChI is InChI=1S/C12H28N.H3N.2H2O/c1-5-9-13(10-6-2,11-7-3)12-8-4;;;/h5-12H2,1-4H3;1H3;2*1H2/q+1;;;/p-1. The molecule has 0 aliphatic heterocycles. The van der Waals surface area contributed by atoms with Crippen molar-refractivity contribution in [1.82, 2.24) is 6.15 Å². The van der Waals surface area contributed by atoms with E-state index in [1.54, 1.807) is 0 Å². The summed E-state index contributed by atoms with van der Waals surface area (Å²) in [5.74, 6) is 0. The van der Waals surface area contributed by atoms with Crippen molar-refractivity contribution in [3.63, 3.8) is 0 Å². The van der Waals surface area contributed by atoms with E-state index >= 15 is 0 Å². The maximum Gasteiger partial charge on any atom is 0.0783 e. The summed E-state index contributed by atoms with van der Waals surface area (Å²) >= 11 is 0. The molecule has 0 bridgehead atoms. The number of rotatable bonds is 8. The normalized spacial score (nSPS) is 9.75. The monoisotopic (exact) mass is 238 g/mol. The Kier molecular flexibility index (Phi) is 23.1. The van der Waals surface area contributed by atoms with Crippen LogP contribution in [0.1, 0.15) is 53.4 Å². The average molecular weight is 238 g/mol. The van der Waals surface area contributed by atoms with Crippen LogP contribution >= 0.6 is 0 Å². The predicted octanol–water partition coefficient (Wildman–Crippen LogP) is 2.60. The van der Waals surface area contributed by atoms with Gasteiger partial charge in [-0.05, 0) is 25.7 Å². The van der Waals surface area contributed by atoms with Crippen LogP contribution < -0.4 is 6.15 Å². The van der Waals surface area contributed by atoms with Gasteiger partial charge < -0.3 is 21.6 Å². The van der Waals surface area contributed by atoms with Gasteiger partial charge in [0.15, 0.2) is 0 Å². The molecule has 0 aromatic rings. The van der Waals surface area contributed by atoms with Crippen LogP contribution in [0.25, 0.3) is 0 Å². The highest BCUT2D eigenvalue weighted by Crippen LogP contribution is 2.12. The zero-order valence-corrected chi connectivity index (χ0v) is 11.8. The highest BCUT2D eigenvalue weighted by atomic mass is 16.0. The minimum atomic E-state index is 0. The molecule has 0 heterocycles. The van der Waals surface area contributed by atoms with Gasteiger partial charge in [-0.3, -0.25) is 0 Å². The SMILES string of the molecule is CCC[N+](CCC)(CCC)CCC.N.O.[OH-]. The van der Waals surface area contributed by atoms with Gasteiger partial charge in [-0.15, -0.1) is 0 Å². The van der Waals surface area contributed by atoms with Crippen molar-refractivity contribution in [2.75, 3.05) is 26.2 Å². The Morgan fingerprint density at radius 1 is 0.625 bits per heavy atom. The second kappa shape index (κ2) is 14.8. The van der Waals surface area contributed by atoms with Crippen LogP contribution in [0.5, 0.6) is 0 Å². The van der Waals surface area contributed by atoms with E-state index in [1.807, 2.05) is 0 Å². The summed E-state index contributed by atoms with van der Waals surface area (Å²) in [5.41, 5.74) is 0. The van der Waals surface area contributed by atoms with E-state index in [-0.39, 0.29) is 17.1 Å². The van der Waals surface area contributed by atoms with Crippen LogP contribution in [-0.2, 0) is 0 Å². The van der Waals surface area contributed by atoms with E-state index < -0.39 is 0 Å². The first-order valence-electron chi connectivity index (χ1n) is 6.09. The lowest BCUT2D eigenvalue weighted by atomic mass is 10.2. The Labute approximate surface area is 102 Å². The first-order valence-corrected chi connectivity index (χ1v) is 6.09. The van der Waals surface area contributed by atoms with Crippen LogP contribution in [0.3, 0.4) is 0 Å². The lowest BCUT2D eigenvalue weighted by Gasteiger charge is -2.38. The maximum atomic E-state index is 2.31. The van der Waals surface area contributed by atoms with Crippen LogP contribution in [0, 0.1) is 0 Å². The van der Waals surface area contributed by atoms with Crippen molar-refractivity contribution in [2.24, 2.45) is 0 Å². The highest BCUT2D eigenvalue weighted by molar-refractivity contribution is 4.43. The van der Waals surface area contributed by atoms with Crippen molar-refractivity contribution in [3.05, 3.63) is 0 Å². The fourth-order valence-electron chi connectivity index (χ4n) is 2.57. The molecule has 0 radical (unpaired) electrons. The highest BCUT2D eigenvalue weighted by Gasteiger charge is 2.22.